The van der Waals surface area contributed by atoms with Gasteiger partial charge in [0.25, 0.3) is 0 Å². The average molecular weight is 298 g/mol. The summed E-state index contributed by atoms with van der Waals surface area (Å²) in [6.07, 6.45) is 1.59. The number of carbonyl (C=O) groups excluding carboxylic acids is 4. The van der Waals surface area contributed by atoms with Crippen LogP contribution in [0.5, 0.6) is 0 Å². The fraction of sp³-hybridized carbons (Fsp3) is 0.375. The van der Waals surface area contributed by atoms with Crippen LogP contribution < -0.4 is 11.1 Å². The van der Waals surface area contributed by atoms with Crippen LogP contribution in [0, 0.1) is 17.3 Å². The van der Waals surface area contributed by atoms with Gasteiger partial charge in [-0.1, -0.05) is 12.1 Å². The lowest BCUT2D eigenvalue weighted by Crippen LogP contribution is -2.51. The number of hydrogen-bond acceptors (Lipinski definition) is 5. The van der Waals surface area contributed by atoms with Crippen LogP contribution in [0.15, 0.2) is 18.2 Å². The van der Waals surface area contributed by atoms with Gasteiger partial charge < -0.3 is 5.73 Å². The lowest BCUT2D eigenvalue weighted by Gasteiger charge is -2.32. The van der Waals surface area contributed by atoms with Gasteiger partial charge in [-0.2, -0.15) is 0 Å². The fourth-order valence-corrected chi connectivity index (χ4v) is 3.92. The van der Waals surface area contributed by atoms with Crippen LogP contribution >= 0.6 is 0 Å². The summed E-state index contributed by atoms with van der Waals surface area (Å²) in [5.41, 5.74) is 6.07. The van der Waals surface area contributed by atoms with E-state index in [1.54, 1.807) is 18.2 Å². The molecule has 1 aromatic rings. The van der Waals surface area contributed by atoms with Crippen LogP contribution in [0.25, 0.3) is 0 Å². The Hall–Kier alpha value is -2.50. The number of rotatable bonds is 1. The maximum atomic E-state index is 12.7. The lowest BCUT2D eigenvalue weighted by molar-refractivity contribution is -0.140. The number of fused-ring (bicyclic) bond motifs is 1. The second kappa shape index (κ2) is 4.03. The topological polar surface area (TPSA) is 106 Å². The van der Waals surface area contributed by atoms with Crippen LogP contribution in [0.3, 0.4) is 0 Å². The molecule has 2 aliphatic carbocycles. The summed E-state index contributed by atoms with van der Waals surface area (Å²) < 4.78 is 0. The summed E-state index contributed by atoms with van der Waals surface area (Å²) in [5, 5.41) is 2.27. The van der Waals surface area contributed by atoms with Crippen molar-refractivity contribution in [3.05, 3.63) is 29.3 Å². The molecule has 22 heavy (non-hydrogen) atoms. The van der Waals surface area contributed by atoms with E-state index in [0.717, 1.165) is 0 Å². The second-order valence-electron chi connectivity index (χ2n) is 6.41. The number of nitrogens with one attached hydrogen (secondary N) is 1. The number of nitrogens with two attached hydrogens (primary N) is 1. The Balaban J connectivity index is 1.80. The monoisotopic (exact) mass is 298 g/mol. The summed E-state index contributed by atoms with van der Waals surface area (Å²) in [4.78, 5) is 49.3. The average Bonchev–Trinajstić information content (AvgIpc) is 3.15. The third-order valence-electron chi connectivity index (χ3n) is 5.12. The number of nitrogen functional groups attached to an aromatic ring is 1. The molecular weight excluding hydrogens is 284 g/mol. The molecule has 6 nitrogen and oxygen atoms in total. The number of piperidine rings is 1. The number of imide groups is 1. The van der Waals surface area contributed by atoms with Crippen LogP contribution in [-0.2, 0) is 9.59 Å². The van der Waals surface area contributed by atoms with Crippen LogP contribution in [0.4, 0.5) is 5.69 Å². The maximum Gasteiger partial charge on any atom is 0.231 e. The molecule has 112 valence electrons. The molecule has 1 aliphatic heterocycles. The molecule has 3 N–H and O–H groups in total. The summed E-state index contributed by atoms with van der Waals surface area (Å²) in [7, 11) is 0. The first-order valence-electron chi connectivity index (χ1n) is 7.25. The van der Waals surface area contributed by atoms with Crippen molar-refractivity contribution in [1.82, 2.24) is 5.32 Å². The van der Waals surface area contributed by atoms with Crippen LogP contribution in [-0.4, -0.2) is 23.4 Å². The van der Waals surface area contributed by atoms with Crippen molar-refractivity contribution < 1.29 is 19.2 Å². The Labute approximate surface area is 126 Å². The zero-order chi connectivity index (χ0) is 15.6. The van der Waals surface area contributed by atoms with E-state index >= 15 is 0 Å². The molecule has 2 fully saturated rings. The maximum absolute atomic E-state index is 12.7. The van der Waals surface area contributed by atoms with Gasteiger partial charge in [0, 0.05) is 17.7 Å². The minimum atomic E-state index is -1.05. The van der Waals surface area contributed by atoms with Crippen molar-refractivity contribution in [2.45, 2.75) is 19.3 Å². The quantitative estimate of drug-likeness (QED) is 0.451. The van der Waals surface area contributed by atoms with Gasteiger partial charge in [-0.3, -0.25) is 24.5 Å². The Bertz CT molecular complexity index is 763. The van der Waals surface area contributed by atoms with Gasteiger partial charge in [0.05, 0.1) is 17.4 Å². The zero-order valence-electron chi connectivity index (χ0n) is 11.7. The van der Waals surface area contributed by atoms with Crippen molar-refractivity contribution in [3.8, 4) is 0 Å². The summed E-state index contributed by atoms with van der Waals surface area (Å²) in [5.74, 6) is -3.39. The number of benzene rings is 1. The Kier molecular flexibility index (Phi) is 2.41. The minimum Gasteiger partial charge on any atom is -0.398 e. The molecule has 6 heteroatoms. The predicted octanol–water partition coefficient (Wildman–Crippen LogP) is 0.707. The number of ketones is 2. The highest BCUT2D eigenvalue weighted by Crippen LogP contribution is 2.60. The summed E-state index contributed by atoms with van der Waals surface area (Å²) in [6, 6.07) is 4.76. The Morgan fingerprint density at radius 3 is 2.45 bits per heavy atom. The molecule has 1 aromatic carbocycles. The van der Waals surface area contributed by atoms with Gasteiger partial charge in [-0.15, -0.1) is 0 Å². The van der Waals surface area contributed by atoms with Gasteiger partial charge in [0.2, 0.25) is 11.8 Å². The third-order valence-corrected chi connectivity index (χ3v) is 5.12. The molecule has 4 rings (SSSR count). The van der Waals surface area contributed by atoms with Gasteiger partial charge in [-0.25, -0.2) is 0 Å². The molecule has 0 aromatic heterocycles. The molecule has 1 saturated carbocycles. The smallest absolute Gasteiger partial charge is 0.231 e. The van der Waals surface area contributed by atoms with E-state index in [0.29, 0.717) is 12.8 Å². The van der Waals surface area contributed by atoms with Crippen molar-refractivity contribution >= 4 is 29.1 Å². The zero-order valence-corrected chi connectivity index (χ0v) is 11.7. The summed E-state index contributed by atoms with van der Waals surface area (Å²) >= 11 is 0. The molecule has 2 amide bonds. The predicted molar refractivity (Wildman–Crippen MR) is 75.9 cm³/mol. The van der Waals surface area contributed by atoms with Crippen molar-refractivity contribution in [3.63, 3.8) is 0 Å². The van der Waals surface area contributed by atoms with E-state index in [-0.39, 0.29) is 40.7 Å². The molecule has 0 bridgehead atoms. The lowest BCUT2D eigenvalue weighted by atomic mass is 9.72. The van der Waals surface area contributed by atoms with E-state index in [9.17, 15) is 19.2 Å². The number of carbonyl (C=O) groups is 4. The molecule has 3 aliphatic rings. The fourth-order valence-electron chi connectivity index (χ4n) is 3.92. The van der Waals surface area contributed by atoms with Gasteiger partial charge in [-0.05, 0) is 24.3 Å². The molecule has 0 radical (unpaired) electrons. The SMILES string of the molecule is Nc1cccc2c1C(=O)C(C1C(=O)NC(=O)CC13CC3)C2=O. The first kappa shape index (κ1) is 13.2. The number of hydrogen-bond donors (Lipinski definition) is 2. The number of Topliss-reactive ketones (excluding diaryl/α,β-unsaturated/α-hetero) is 2. The van der Waals surface area contributed by atoms with Crippen LogP contribution in [0.2, 0.25) is 0 Å². The number of anilines is 1. The molecule has 1 heterocycles. The van der Waals surface area contributed by atoms with E-state index in [1.807, 2.05) is 0 Å². The second-order valence-corrected chi connectivity index (χ2v) is 6.41. The van der Waals surface area contributed by atoms with Crippen molar-refractivity contribution in [1.29, 1.82) is 0 Å². The van der Waals surface area contributed by atoms with Gasteiger partial charge in [0.1, 0.15) is 0 Å². The third kappa shape index (κ3) is 1.55. The molecule has 1 saturated heterocycles. The summed E-state index contributed by atoms with van der Waals surface area (Å²) in [6.45, 7) is 0. The molecular formula is C16H14N2O4. The van der Waals surface area contributed by atoms with Crippen molar-refractivity contribution in [2.75, 3.05) is 5.73 Å². The minimum absolute atomic E-state index is 0.201. The largest absolute Gasteiger partial charge is 0.398 e. The van der Waals surface area contributed by atoms with E-state index in [2.05, 4.69) is 5.32 Å². The molecule has 2 unspecified atom stereocenters. The van der Waals surface area contributed by atoms with Gasteiger partial charge in [0.15, 0.2) is 11.6 Å². The highest BCUT2D eigenvalue weighted by atomic mass is 16.2. The van der Waals surface area contributed by atoms with E-state index in [4.69, 9.17) is 5.73 Å². The number of amides is 2. The highest BCUT2D eigenvalue weighted by molar-refractivity contribution is 6.30. The van der Waals surface area contributed by atoms with Crippen molar-refractivity contribution in [2.24, 2.45) is 17.3 Å². The van der Waals surface area contributed by atoms with Crippen LogP contribution in [0.1, 0.15) is 40.0 Å². The first-order chi connectivity index (χ1) is 10.4. The molecule has 1 spiro atoms. The van der Waals surface area contributed by atoms with E-state index < -0.39 is 23.2 Å². The Morgan fingerprint density at radius 1 is 1.09 bits per heavy atom. The first-order valence-corrected chi connectivity index (χ1v) is 7.25. The highest BCUT2D eigenvalue weighted by Gasteiger charge is 2.63. The normalized spacial score (nSPS) is 28.7. The standard InChI is InChI=1S/C16H14N2O4/c17-8-3-1-2-7-10(8)14(21)11(13(7)20)12-15(22)18-9(19)6-16(12)4-5-16/h1-3,11-12H,4-6,17H2,(H,18,19,22). The van der Waals surface area contributed by atoms with E-state index in [1.165, 1.54) is 0 Å². The van der Waals surface area contributed by atoms with Gasteiger partial charge >= 0.3 is 0 Å². The Morgan fingerprint density at radius 2 is 1.82 bits per heavy atom. The molecule has 2 atom stereocenters.